The van der Waals surface area contributed by atoms with Gasteiger partial charge in [0.15, 0.2) is 0 Å². The van der Waals surface area contributed by atoms with Gasteiger partial charge in [0, 0.05) is 42.4 Å². The Hall–Kier alpha value is -3.53. The number of hydrogen-bond donors (Lipinski definition) is 2. The van der Waals surface area contributed by atoms with Gasteiger partial charge in [0.05, 0.1) is 11.1 Å². The Labute approximate surface area is 243 Å². The Morgan fingerprint density at radius 1 is 0.857 bits per heavy atom. The fourth-order valence-electron chi connectivity index (χ4n) is 4.64. The number of allylic oxidation sites excluding steroid dienone is 5. The number of rotatable bonds is 9. The van der Waals surface area contributed by atoms with Crippen LogP contribution in [0.1, 0.15) is 70.1 Å². The Kier molecular flexibility index (Phi) is 11.4. The van der Waals surface area contributed by atoms with Crippen LogP contribution in [0.4, 0.5) is 37.7 Å². The summed E-state index contributed by atoms with van der Waals surface area (Å²) in [6.07, 6.45) is -0.780. The van der Waals surface area contributed by atoms with E-state index in [1.54, 1.807) is 6.20 Å². The van der Waals surface area contributed by atoms with Crippen molar-refractivity contribution in [1.29, 1.82) is 0 Å². The molecule has 1 aliphatic rings. The first kappa shape index (κ1) is 33.0. The second kappa shape index (κ2) is 14.6. The van der Waals surface area contributed by atoms with Crippen molar-refractivity contribution in [1.82, 2.24) is 0 Å². The summed E-state index contributed by atoms with van der Waals surface area (Å²) in [5.41, 5.74) is 1.48. The molecule has 0 aliphatic carbocycles. The molecule has 228 valence electrons. The Morgan fingerprint density at radius 2 is 1.43 bits per heavy atom. The molecular weight excluding hydrogens is 556 g/mol. The van der Waals surface area contributed by atoms with E-state index in [0.717, 1.165) is 66.9 Å². The zero-order chi connectivity index (χ0) is 30.9. The van der Waals surface area contributed by atoms with Gasteiger partial charge in [-0.2, -0.15) is 26.3 Å². The Balaban J connectivity index is 1.94. The second-order valence-electron chi connectivity index (χ2n) is 10.1. The lowest BCUT2D eigenvalue weighted by molar-refractivity contribution is -0.143. The number of halogens is 6. The van der Waals surface area contributed by atoms with Crippen LogP contribution >= 0.6 is 0 Å². The van der Waals surface area contributed by atoms with E-state index in [1.165, 1.54) is 6.92 Å². The predicted octanol–water partition coefficient (Wildman–Crippen LogP) is 9.88. The monoisotopic (exact) mass is 593 g/mol. The number of amidine groups is 1. The van der Waals surface area contributed by atoms with Gasteiger partial charge >= 0.3 is 12.4 Å². The zero-order valence-electron chi connectivity index (χ0n) is 24.2. The molecule has 0 aromatic heterocycles. The van der Waals surface area contributed by atoms with Crippen LogP contribution < -0.4 is 10.6 Å². The van der Waals surface area contributed by atoms with Crippen LogP contribution in [0, 0.1) is 0 Å². The third kappa shape index (κ3) is 9.51. The van der Waals surface area contributed by atoms with Gasteiger partial charge in [-0.1, -0.05) is 38.1 Å². The van der Waals surface area contributed by atoms with E-state index in [2.05, 4.69) is 21.7 Å². The molecule has 3 rings (SSSR count). The number of benzene rings is 2. The standard InChI is InChI=1S/C32H37F6N3O/c1-5-7-21(3)30(29(8-6-2)23-9-11-26(12-10-23)41-27-13-15-42-16-14-27)20-39-22(4)40-28-18-24(31(33,34)35)17-25(19-28)32(36,37)38/h7-12,17-20,27,41H,5-6,13-16H2,1-4H3,(H,39,40)/b21-7+,29-8-,30-20+. The number of aliphatic imine (C=N–C) groups is 1. The van der Waals surface area contributed by atoms with Gasteiger partial charge in [-0.25, -0.2) is 4.99 Å². The normalized spacial score (nSPS) is 16.5. The van der Waals surface area contributed by atoms with Crippen LogP contribution in [0.3, 0.4) is 0 Å². The van der Waals surface area contributed by atoms with Gasteiger partial charge in [-0.3, -0.25) is 0 Å². The number of nitrogens with one attached hydrogen (secondary N) is 2. The van der Waals surface area contributed by atoms with Crippen LogP contribution in [0.25, 0.3) is 5.57 Å². The summed E-state index contributed by atoms with van der Waals surface area (Å²) in [6.45, 7) is 8.92. The molecule has 10 heteroatoms. The van der Waals surface area contributed by atoms with Crippen molar-refractivity contribution in [3.8, 4) is 0 Å². The Bertz CT molecular complexity index is 1280. The first-order valence-corrected chi connectivity index (χ1v) is 13.9. The summed E-state index contributed by atoms with van der Waals surface area (Å²) in [5.74, 6) is 0.135. The van der Waals surface area contributed by atoms with E-state index in [-0.39, 0.29) is 17.6 Å². The number of anilines is 2. The van der Waals surface area contributed by atoms with Gasteiger partial charge < -0.3 is 15.4 Å². The number of alkyl halides is 6. The van der Waals surface area contributed by atoms with Crippen molar-refractivity contribution < 1.29 is 31.1 Å². The predicted molar refractivity (Wildman–Crippen MR) is 157 cm³/mol. The molecule has 2 aromatic carbocycles. The molecule has 1 heterocycles. The van der Waals surface area contributed by atoms with Crippen molar-refractivity contribution in [2.75, 3.05) is 23.8 Å². The Morgan fingerprint density at radius 3 is 1.95 bits per heavy atom. The summed E-state index contributed by atoms with van der Waals surface area (Å²) < 4.78 is 85.2. The SMILES string of the molecule is CC\C=C(C(=C/N=C(C)Nc1cc(C(F)(F)F)cc(C(F)(F)F)c1)/C(C)=C/CC)\c1ccc(NC2CCOCC2)cc1. The summed E-state index contributed by atoms with van der Waals surface area (Å²) in [4.78, 5) is 4.41. The lowest BCUT2D eigenvalue weighted by atomic mass is 9.92. The van der Waals surface area contributed by atoms with Crippen molar-refractivity contribution >= 4 is 22.8 Å². The minimum absolute atomic E-state index is 0.0980. The largest absolute Gasteiger partial charge is 0.416 e. The third-order valence-corrected chi connectivity index (χ3v) is 6.72. The van der Waals surface area contributed by atoms with E-state index in [4.69, 9.17) is 4.74 Å². The van der Waals surface area contributed by atoms with E-state index in [0.29, 0.717) is 18.2 Å². The molecule has 0 unspecified atom stereocenters. The van der Waals surface area contributed by atoms with E-state index < -0.39 is 23.5 Å². The molecule has 1 fully saturated rings. The number of hydrogen-bond acceptors (Lipinski definition) is 3. The molecule has 4 nitrogen and oxygen atoms in total. The van der Waals surface area contributed by atoms with Gasteiger partial charge in [-0.15, -0.1) is 0 Å². The molecule has 1 aliphatic heterocycles. The van der Waals surface area contributed by atoms with Gasteiger partial charge in [0.2, 0.25) is 0 Å². The molecule has 2 aromatic rings. The van der Waals surface area contributed by atoms with Crippen LogP contribution in [0.2, 0.25) is 0 Å². The first-order valence-electron chi connectivity index (χ1n) is 13.9. The highest BCUT2D eigenvalue weighted by molar-refractivity contribution is 5.94. The van der Waals surface area contributed by atoms with Crippen molar-refractivity contribution in [2.24, 2.45) is 4.99 Å². The van der Waals surface area contributed by atoms with E-state index in [9.17, 15) is 26.3 Å². The minimum atomic E-state index is -4.94. The van der Waals surface area contributed by atoms with Crippen molar-refractivity contribution in [2.45, 2.75) is 71.8 Å². The molecule has 2 N–H and O–H groups in total. The first-order chi connectivity index (χ1) is 19.8. The summed E-state index contributed by atoms with van der Waals surface area (Å²) in [6, 6.07) is 9.81. The molecule has 1 saturated heterocycles. The topological polar surface area (TPSA) is 45.7 Å². The molecular formula is C32H37F6N3O. The lowest BCUT2D eigenvalue weighted by Crippen LogP contribution is -2.27. The smallest absolute Gasteiger partial charge is 0.382 e. The van der Waals surface area contributed by atoms with Crippen molar-refractivity contribution in [3.05, 3.63) is 88.7 Å². The van der Waals surface area contributed by atoms with Crippen LogP contribution in [-0.4, -0.2) is 25.1 Å². The number of nitrogens with zero attached hydrogens (tertiary/aromatic N) is 1. The average molecular weight is 594 g/mol. The quantitative estimate of drug-likeness (QED) is 0.132. The van der Waals surface area contributed by atoms with Crippen LogP contribution in [-0.2, 0) is 17.1 Å². The maximum Gasteiger partial charge on any atom is 0.416 e. The molecule has 0 bridgehead atoms. The molecule has 42 heavy (non-hydrogen) atoms. The zero-order valence-corrected chi connectivity index (χ0v) is 24.2. The summed E-state index contributed by atoms with van der Waals surface area (Å²) in [7, 11) is 0. The third-order valence-electron chi connectivity index (χ3n) is 6.72. The minimum Gasteiger partial charge on any atom is -0.382 e. The fourth-order valence-corrected chi connectivity index (χ4v) is 4.64. The molecule has 0 amide bonds. The summed E-state index contributed by atoms with van der Waals surface area (Å²) >= 11 is 0. The lowest BCUT2D eigenvalue weighted by Gasteiger charge is -2.24. The molecule has 0 spiro atoms. The number of ether oxygens (including phenoxy) is 1. The molecule has 0 saturated carbocycles. The molecule has 0 atom stereocenters. The highest BCUT2D eigenvalue weighted by Crippen LogP contribution is 2.37. The van der Waals surface area contributed by atoms with E-state index >= 15 is 0 Å². The highest BCUT2D eigenvalue weighted by Gasteiger charge is 2.37. The van der Waals surface area contributed by atoms with Gasteiger partial charge in [0.25, 0.3) is 0 Å². The molecule has 0 radical (unpaired) electrons. The van der Waals surface area contributed by atoms with E-state index in [1.807, 2.05) is 51.1 Å². The van der Waals surface area contributed by atoms with Crippen LogP contribution in [0.15, 0.2) is 77.0 Å². The average Bonchev–Trinajstić information content (AvgIpc) is 2.92. The van der Waals surface area contributed by atoms with Gasteiger partial charge in [0.1, 0.15) is 5.84 Å². The fraction of sp³-hybridized carbons (Fsp3) is 0.406. The maximum atomic E-state index is 13.3. The van der Waals surface area contributed by atoms with Crippen molar-refractivity contribution in [3.63, 3.8) is 0 Å². The van der Waals surface area contributed by atoms with Crippen LogP contribution in [0.5, 0.6) is 0 Å². The second-order valence-corrected chi connectivity index (χ2v) is 10.1. The maximum absolute atomic E-state index is 13.3. The summed E-state index contributed by atoms with van der Waals surface area (Å²) in [5, 5.41) is 6.14. The van der Waals surface area contributed by atoms with Gasteiger partial charge in [-0.05, 0) is 86.6 Å². The highest BCUT2D eigenvalue weighted by atomic mass is 19.4.